The van der Waals surface area contributed by atoms with Crippen LogP contribution in [0.2, 0.25) is 0 Å². The molecule has 1 unspecified atom stereocenters. The average molecular weight is 250 g/mol. The molecule has 18 heavy (non-hydrogen) atoms. The smallest absolute Gasteiger partial charge is 0.318 e. The van der Waals surface area contributed by atoms with Gasteiger partial charge in [-0.1, -0.05) is 17.2 Å². The Labute approximate surface area is 104 Å². The van der Waals surface area contributed by atoms with Gasteiger partial charge >= 0.3 is 6.01 Å². The van der Waals surface area contributed by atoms with Crippen LogP contribution in [0.3, 0.4) is 0 Å². The number of benzene rings is 1. The molecule has 0 aliphatic rings. The number of rotatable bonds is 4. The van der Waals surface area contributed by atoms with Gasteiger partial charge in [0, 0.05) is 13.6 Å². The summed E-state index contributed by atoms with van der Waals surface area (Å²) in [6.07, 6.45) is 0. The van der Waals surface area contributed by atoms with Crippen molar-refractivity contribution in [1.82, 2.24) is 10.2 Å². The highest BCUT2D eigenvalue weighted by atomic mass is 19.1. The fourth-order valence-electron chi connectivity index (χ4n) is 1.54. The van der Waals surface area contributed by atoms with E-state index >= 15 is 0 Å². The van der Waals surface area contributed by atoms with E-state index in [4.69, 9.17) is 10.2 Å². The highest BCUT2D eigenvalue weighted by Gasteiger charge is 2.13. The number of aromatic nitrogens is 2. The van der Waals surface area contributed by atoms with Crippen molar-refractivity contribution in [3.8, 4) is 0 Å². The normalized spacial score (nSPS) is 12.4. The summed E-state index contributed by atoms with van der Waals surface area (Å²) < 4.78 is 18.4. The zero-order valence-corrected chi connectivity index (χ0v) is 10.3. The molecule has 96 valence electrons. The minimum absolute atomic E-state index is 0.261. The van der Waals surface area contributed by atoms with E-state index in [9.17, 15) is 4.39 Å². The molecule has 0 bridgehead atoms. The molecule has 2 rings (SSSR count). The standard InChI is InChI=1S/C12H15FN4O/c1-8(14)11-15-16-12(18-11)17(2)7-9-4-3-5-10(13)6-9/h3-6,8H,7,14H2,1-2H3. The third-order valence-electron chi connectivity index (χ3n) is 2.45. The molecule has 0 fully saturated rings. The maximum Gasteiger partial charge on any atom is 0.318 e. The Bertz CT molecular complexity index is 526. The maximum atomic E-state index is 13.0. The fraction of sp³-hybridized carbons (Fsp3) is 0.333. The molecule has 0 amide bonds. The van der Waals surface area contributed by atoms with E-state index in [1.54, 1.807) is 24.9 Å². The van der Waals surface area contributed by atoms with Crippen molar-refractivity contribution in [2.45, 2.75) is 19.5 Å². The predicted octanol–water partition coefficient (Wildman–Crippen LogP) is 1.86. The van der Waals surface area contributed by atoms with Crippen molar-refractivity contribution in [3.63, 3.8) is 0 Å². The molecule has 0 aliphatic heterocycles. The summed E-state index contributed by atoms with van der Waals surface area (Å²) >= 11 is 0. The third-order valence-corrected chi connectivity index (χ3v) is 2.45. The maximum absolute atomic E-state index is 13.0. The quantitative estimate of drug-likeness (QED) is 0.897. The Morgan fingerprint density at radius 3 is 2.83 bits per heavy atom. The van der Waals surface area contributed by atoms with Crippen LogP contribution in [0.4, 0.5) is 10.4 Å². The minimum atomic E-state index is -0.297. The molecule has 2 N–H and O–H groups in total. The largest absolute Gasteiger partial charge is 0.406 e. The number of nitrogens with zero attached hydrogens (tertiary/aromatic N) is 3. The molecule has 1 aromatic carbocycles. The van der Waals surface area contributed by atoms with Gasteiger partial charge in [-0.05, 0) is 24.6 Å². The number of anilines is 1. The van der Waals surface area contributed by atoms with E-state index in [0.29, 0.717) is 18.5 Å². The zero-order valence-electron chi connectivity index (χ0n) is 10.3. The van der Waals surface area contributed by atoms with Crippen LogP contribution in [0, 0.1) is 5.82 Å². The van der Waals surface area contributed by atoms with Gasteiger partial charge in [-0.15, -0.1) is 5.10 Å². The first-order chi connectivity index (χ1) is 8.56. The fourth-order valence-corrected chi connectivity index (χ4v) is 1.54. The van der Waals surface area contributed by atoms with Crippen LogP contribution < -0.4 is 10.6 Å². The summed E-state index contributed by atoms with van der Waals surface area (Å²) in [7, 11) is 1.80. The van der Waals surface area contributed by atoms with Crippen LogP contribution in [-0.4, -0.2) is 17.2 Å². The van der Waals surface area contributed by atoms with E-state index in [-0.39, 0.29) is 11.9 Å². The van der Waals surface area contributed by atoms with Gasteiger partial charge in [0.1, 0.15) is 5.82 Å². The first kappa shape index (κ1) is 12.5. The van der Waals surface area contributed by atoms with Crippen molar-refractivity contribution in [2.24, 2.45) is 5.73 Å². The molecule has 5 nitrogen and oxygen atoms in total. The summed E-state index contributed by atoms with van der Waals surface area (Å²) in [6, 6.07) is 6.45. The number of hydrogen-bond acceptors (Lipinski definition) is 5. The monoisotopic (exact) mass is 250 g/mol. The van der Waals surface area contributed by atoms with Crippen molar-refractivity contribution >= 4 is 6.01 Å². The van der Waals surface area contributed by atoms with Gasteiger partial charge in [-0.25, -0.2) is 4.39 Å². The highest BCUT2D eigenvalue weighted by Crippen LogP contribution is 2.17. The van der Waals surface area contributed by atoms with Crippen molar-refractivity contribution in [1.29, 1.82) is 0 Å². The van der Waals surface area contributed by atoms with Crippen LogP contribution >= 0.6 is 0 Å². The first-order valence-corrected chi connectivity index (χ1v) is 5.61. The van der Waals surface area contributed by atoms with Crippen molar-refractivity contribution < 1.29 is 8.81 Å². The second-order valence-corrected chi connectivity index (χ2v) is 4.20. The number of nitrogens with two attached hydrogens (primary N) is 1. The van der Waals surface area contributed by atoms with E-state index in [1.807, 2.05) is 6.07 Å². The molecule has 0 radical (unpaired) electrons. The lowest BCUT2D eigenvalue weighted by Crippen LogP contribution is -2.16. The van der Waals surface area contributed by atoms with Crippen molar-refractivity contribution in [2.75, 3.05) is 11.9 Å². The van der Waals surface area contributed by atoms with Crippen LogP contribution in [-0.2, 0) is 6.54 Å². The average Bonchev–Trinajstić information content (AvgIpc) is 2.78. The summed E-state index contributed by atoms with van der Waals surface area (Å²) in [5.41, 5.74) is 6.47. The Morgan fingerprint density at radius 1 is 1.44 bits per heavy atom. The lowest BCUT2D eigenvalue weighted by molar-refractivity contribution is 0.460. The van der Waals surface area contributed by atoms with E-state index in [1.165, 1.54) is 12.1 Å². The van der Waals surface area contributed by atoms with Crippen LogP contribution in [0.15, 0.2) is 28.7 Å². The minimum Gasteiger partial charge on any atom is -0.406 e. The predicted molar refractivity (Wildman–Crippen MR) is 65.4 cm³/mol. The van der Waals surface area contributed by atoms with E-state index in [0.717, 1.165) is 5.56 Å². The summed E-state index contributed by atoms with van der Waals surface area (Å²) in [6.45, 7) is 2.25. The topological polar surface area (TPSA) is 68.2 Å². The van der Waals surface area contributed by atoms with Gasteiger partial charge in [0.15, 0.2) is 0 Å². The van der Waals surface area contributed by atoms with Crippen LogP contribution in [0.25, 0.3) is 0 Å². The van der Waals surface area contributed by atoms with Crippen LogP contribution in [0.1, 0.15) is 24.4 Å². The number of hydrogen-bond donors (Lipinski definition) is 1. The van der Waals surface area contributed by atoms with Crippen molar-refractivity contribution in [3.05, 3.63) is 41.5 Å². The Kier molecular flexibility index (Phi) is 3.57. The molecular formula is C12H15FN4O. The van der Waals surface area contributed by atoms with Gasteiger partial charge in [-0.2, -0.15) is 0 Å². The molecule has 0 spiro atoms. The lowest BCUT2D eigenvalue weighted by atomic mass is 10.2. The van der Waals surface area contributed by atoms with Gasteiger partial charge in [-0.3, -0.25) is 0 Å². The third kappa shape index (κ3) is 2.84. The van der Waals surface area contributed by atoms with Gasteiger partial charge in [0.05, 0.1) is 6.04 Å². The molecule has 2 aromatic rings. The second kappa shape index (κ2) is 5.14. The Morgan fingerprint density at radius 2 is 2.22 bits per heavy atom. The first-order valence-electron chi connectivity index (χ1n) is 5.61. The van der Waals surface area contributed by atoms with E-state index in [2.05, 4.69) is 10.2 Å². The highest BCUT2D eigenvalue weighted by molar-refractivity contribution is 5.27. The van der Waals surface area contributed by atoms with Gasteiger partial charge < -0.3 is 15.1 Å². The van der Waals surface area contributed by atoms with E-state index < -0.39 is 0 Å². The Hall–Kier alpha value is -1.95. The molecule has 1 atom stereocenters. The molecular weight excluding hydrogens is 235 g/mol. The summed E-state index contributed by atoms with van der Waals surface area (Å²) in [4.78, 5) is 1.74. The summed E-state index contributed by atoms with van der Waals surface area (Å²) in [5, 5.41) is 7.73. The number of halogens is 1. The summed E-state index contributed by atoms with van der Waals surface area (Å²) in [5.74, 6) is 0.124. The molecule has 1 aromatic heterocycles. The molecule has 0 saturated heterocycles. The second-order valence-electron chi connectivity index (χ2n) is 4.20. The molecule has 1 heterocycles. The zero-order chi connectivity index (χ0) is 13.1. The Balaban J connectivity index is 2.09. The molecule has 0 saturated carbocycles. The lowest BCUT2D eigenvalue weighted by Gasteiger charge is -2.13. The molecule has 6 heteroatoms. The van der Waals surface area contributed by atoms with Gasteiger partial charge in [0.25, 0.3) is 0 Å². The van der Waals surface area contributed by atoms with Crippen LogP contribution in [0.5, 0.6) is 0 Å². The molecule has 0 aliphatic carbocycles. The SMILES string of the molecule is CC(N)c1nnc(N(C)Cc2cccc(F)c2)o1. The van der Waals surface area contributed by atoms with Gasteiger partial charge in [0.2, 0.25) is 5.89 Å².